The molecule has 2 atom stereocenters. The Morgan fingerprint density at radius 1 is 1.47 bits per heavy atom. The van der Waals surface area contributed by atoms with Crippen molar-refractivity contribution >= 4 is 5.69 Å². The number of nitro groups is 1. The molecule has 0 saturated heterocycles. The second-order valence-corrected chi connectivity index (χ2v) is 5.69. The standard InChI is InChI=1S/C15H18N2O2/c1-12-3-2-8-15(9-12,11-16)10-13-4-6-14(7-5-13)17(18)19/h4-7,12H,2-3,8-10H2,1H3. The van der Waals surface area contributed by atoms with E-state index in [1.165, 1.54) is 18.6 Å². The van der Waals surface area contributed by atoms with E-state index >= 15 is 0 Å². The van der Waals surface area contributed by atoms with Crippen LogP contribution in [-0.4, -0.2) is 4.92 Å². The molecule has 0 aliphatic heterocycles. The van der Waals surface area contributed by atoms with Gasteiger partial charge in [0.25, 0.3) is 5.69 Å². The van der Waals surface area contributed by atoms with Crippen LogP contribution in [0.2, 0.25) is 0 Å². The molecule has 1 aliphatic carbocycles. The Kier molecular flexibility index (Phi) is 3.84. The Morgan fingerprint density at radius 3 is 2.68 bits per heavy atom. The number of rotatable bonds is 3. The van der Waals surface area contributed by atoms with Crippen molar-refractivity contribution in [2.75, 3.05) is 0 Å². The van der Waals surface area contributed by atoms with Crippen LogP contribution in [0.15, 0.2) is 24.3 Å². The van der Waals surface area contributed by atoms with Crippen molar-refractivity contribution in [2.45, 2.75) is 39.0 Å². The lowest BCUT2D eigenvalue weighted by atomic mass is 9.68. The number of nitriles is 1. The molecule has 0 N–H and O–H groups in total. The first-order valence-electron chi connectivity index (χ1n) is 6.69. The van der Waals surface area contributed by atoms with E-state index in [9.17, 15) is 15.4 Å². The monoisotopic (exact) mass is 258 g/mol. The number of non-ortho nitro benzene ring substituents is 1. The van der Waals surface area contributed by atoms with Crippen LogP contribution in [0.1, 0.15) is 38.2 Å². The summed E-state index contributed by atoms with van der Waals surface area (Å²) in [7, 11) is 0. The third kappa shape index (κ3) is 3.11. The number of nitrogens with zero attached hydrogens (tertiary/aromatic N) is 2. The van der Waals surface area contributed by atoms with E-state index in [1.54, 1.807) is 12.1 Å². The molecule has 1 aromatic carbocycles. The molecule has 1 fully saturated rings. The molecule has 0 bridgehead atoms. The van der Waals surface area contributed by atoms with Gasteiger partial charge in [0, 0.05) is 12.1 Å². The van der Waals surface area contributed by atoms with Crippen LogP contribution in [0.5, 0.6) is 0 Å². The van der Waals surface area contributed by atoms with Crippen LogP contribution in [0.3, 0.4) is 0 Å². The van der Waals surface area contributed by atoms with Gasteiger partial charge in [-0.05, 0) is 30.7 Å². The highest BCUT2D eigenvalue weighted by atomic mass is 16.6. The lowest BCUT2D eigenvalue weighted by Gasteiger charge is -2.34. The summed E-state index contributed by atoms with van der Waals surface area (Å²) < 4.78 is 0. The van der Waals surface area contributed by atoms with Gasteiger partial charge in [-0.25, -0.2) is 0 Å². The Bertz CT molecular complexity index is 504. The molecule has 1 saturated carbocycles. The Balaban J connectivity index is 2.14. The zero-order valence-corrected chi connectivity index (χ0v) is 11.1. The molecule has 2 unspecified atom stereocenters. The maximum atomic E-state index is 10.6. The largest absolute Gasteiger partial charge is 0.269 e. The van der Waals surface area contributed by atoms with Gasteiger partial charge in [-0.1, -0.05) is 31.9 Å². The molecule has 4 heteroatoms. The molecular formula is C15H18N2O2. The van der Waals surface area contributed by atoms with Gasteiger partial charge < -0.3 is 0 Å². The zero-order chi connectivity index (χ0) is 13.9. The molecule has 0 heterocycles. The molecule has 4 nitrogen and oxygen atoms in total. The van der Waals surface area contributed by atoms with Crippen LogP contribution < -0.4 is 0 Å². The number of nitro benzene ring substituents is 1. The SMILES string of the molecule is CC1CCCC(C#N)(Cc2ccc([N+](=O)[O-])cc2)C1. The first-order chi connectivity index (χ1) is 9.04. The topological polar surface area (TPSA) is 66.9 Å². The normalized spacial score (nSPS) is 26.6. The van der Waals surface area contributed by atoms with Gasteiger partial charge >= 0.3 is 0 Å². The van der Waals surface area contributed by atoms with Crippen molar-refractivity contribution in [3.05, 3.63) is 39.9 Å². The van der Waals surface area contributed by atoms with Gasteiger partial charge in [0.15, 0.2) is 0 Å². The first-order valence-corrected chi connectivity index (χ1v) is 6.69. The smallest absolute Gasteiger partial charge is 0.258 e. The zero-order valence-electron chi connectivity index (χ0n) is 11.1. The minimum Gasteiger partial charge on any atom is -0.258 e. The van der Waals surface area contributed by atoms with Gasteiger partial charge in [-0.3, -0.25) is 10.1 Å². The van der Waals surface area contributed by atoms with Crippen molar-refractivity contribution in [2.24, 2.45) is 11.3 Å². The van der Waals surface area contributed by atoms with Crippen molar-refractivity contribution in [3.63, 3.8) is 0 Å². The number of hydrogen-bond donors (Lipinski definition) is 0. The fourth-order valence-electron chi connectivity index (χ4n) is 3.09. The van der Waals surface area contributed by atoms with E-state index in [1.807, 2.05) is 0 Å². The van der Waals surface area contributed by atoms with Gasteiger partial charge in [0.05, 0.1) is 16.4 Å². The number of benzene rings is 1. The highest BCUT2D eigenvalue weighted by Crippen LogP contribution is 2.41. The third-order valence-corrected chi connectivity index (χ3v) is 4.02. The van der Waals surface area contributed by atoms with E-state index in [4.69, 9.17) is 0 Å². The minimum atomic E-state index is -0.396. The highest BCUT2D eigenvalue weighted by molar-refractivity contribution is 5.33. The van der Waals surface area contributed by atoms with Crippen LogP contribution in [-0.2, 0) is 6.42 Å². The molecule has 0 spiro atoms. The molecule has 0 radical (unpaired) electrons. The van der Waals surface area contributed by atoms with Gasteiger partial charge in [-0.15, -0.1) is 0 Å². The van der Waals surface area contributed by atoms with Crippen molar-refractivity contribution < 1.29 is 4.92 Å². The van der Waals surface area contributed by atoms with E-state index in [0.29, 0.717) is 12.3 Å². The summed E-state index contributed by atoms with van der Waals surface area (Å²) >= 11 is 0. The lowest BCUT2D eigenvalue weighted by molar-refractivity contribution is -0.384. The summed E-state index contributed by atoms with van der Waals surface area (Å²) in [6.07, 6.45) is 4.86. The van der Waals surface area contributed by atoms with Crippen LogP contribution >= 0.6 is 0 Å². The third-order valence-electron chi connectivity index (χ3n) is 4.02. The summed E-state index contributed by atoms with van der Waals surface area (Å²) in [6, 6.07) is 9.09. The summed E-state index contributed by atoms with van der Waals surface area (Å²) in [4.78, 5) is 10.2. The van der Waals surface area contributed by atoms with Crippen molar-refractivity contribution in [3.8, 4) is 6.07 Å². The summed E-state index contributed by atoms with van der Waals surface area (Å²) in [6.45, 7) is 2.20. The molecular weight excluding hydrogens is 240 g/mol. The van der Waals surface area contributed by atoms with Gasteiger partial charge in [0.2, 0.25) is 0 Å². The van der Waals surface area contributed by atoms with E-state index < -0.39 is 4.92 Å². The fourth-order valence-corrected chi connectivity index (χ4v) is 3.09. The van der Waals surface area contributed by atoms with Crippen molar-refractivity contribution in [1.82, 2.24) is 0 Å². The molecule has 19 heavy (non-hydrogen) atoms. The number of hydrogen-bond acceptors (Lipinski definition) is 3. The lowest BCUT2D eigenvalue weighted by Crippen LogP contribution is -2.28. The van der Waals surface area contributed by atoms with Crippen LogP contribution in [0.25, 0.3) is 0 Å². The van der Waals surface area contributed by atoms with E-state index in [-0.39, 0.29) is 11.1 Å². The minimum absolute atomic E-state index is 0.103. The average Bonchev–Trinajstić information content (AvgIpc) is 2.39. The molecule has 100 valence electrons. The molecule has 2 rings (SSSR count). The van der Waals surface area contributed by atoms with Crippen LogP contribution in [0, 0.1) is 32.8 Å². The first kappa shape index (κ1) is 13.5. The maximum Gasteiger partial charge on any atom is 0.269 e. The quantitative estimate of drug-likeness (QED) is 0.610. The Labute approximate surface area is 113 Å². The van der Waals surface area contributed by atoms with E-state index in [2.05, 4.69) is 13.0 Å². The summed E-state index contributed by atoms with van der Waals surface area (Å²) in [5.41, 5.74) is 0.835. The van der Waals surface area contributed by atoms with Gasteiger partial charge in [0.1, 0.15) is 0 Å². The predicted molar refractivity (Wildman–Crippen MR) is 72.5 cm³/mol. The maximum absolute atomic E-state index is 10.6. The Morgan fingerprint density at radius 2 is 2.16 bits per heavy atom. The molecule has 1 aliphatic rings. The fraction of sp³-hybridized carbons (Fsp3) is 0.533. The van der Waals surface area contributed by atoms with Gasteiger partial charge in [-0.2, -0.15) is 5.26 Å². The summed E-state index contributed by atoms with van der Waals surface area (Å²) in [5, 5.41) is 20.1. The second-order valence-electron chi connectivity index (χ2n) is 5.69. The highest BCUT2D eigenvalue weighted by Gasteiger charge is 2.35. The molecule has 1 aromatic rings. The van der Waals surface area contributed by atoms with Crippen LogP contribution in [0.4, 0.5) is 5.69 Å². The van der Waals surface area contributed by atoms with E-state index in [0.717, 1.165) is 24.8 Å². The second kappa shape index (κ2) is 5.40. The average molecular weight is 258 g/mol. The van der Waals surface area contributed by atoms with Crippen molar-refractivity contribution in [1.29, 1.82) is 5.26 Å². The predicted octanol–water partition coefficient (Wildman–Crippen LogP) is 3.86. The molecule has 0 amide bonds. The molecule has 0 aromatic heterocycles. The Hall–Kier alpha value is -1.89. The summed E-state index contributed by atoms with van der Waals surface area (Å²) in [5.74, 6) is 0.589.